The third-order valence-corrected chi connectivity index (χ3v) is 4.05. The summed E-state index contributed by atoms with van der Waals surface area (Å²) in [5, 5.41) is 13.9. The van der Waals surface area contributed by atoms with Gasteiger partial charge in [0.15, 0.2) is 0 Å². The molecule has 7 nitrogen and oxygen atoms in total. The van der Waals surface area contributed by atoms with Crippen LogP contribution in [0.2, 0.25) is 0 Å². The van der Waals surface area contributed by atoms with Crippen molar-refractivity contribution in [2.24, 2.45) is 11.8 Å². The molecule has 1 fully saturated rings. The number of methoxy groups -OCH3 is 1. The summed E-state index contributed by atoms with van der Waals surface area (Å²) >= 11 is 0. The van der Waals surface area contributed by atoms with E-state index < -0.39 is 41.9 Å². The standard InChI is InChI=1S/C16H15NO6/c1-22-16(21)8-2-4-9(5-3-8)17-14(18)12-10-6-7-11(23-10)13(12)15(19)20/h2-7,10-13H,1H3,(H,17,18)(H,19,20)/p-1. The van der Waals surface area contributed by atoms with Crippen LogP contribution in [0.15, 0.2) is 36.4 Å². The van der Waals surface area contributed by atoms with Gasteiger partial charge in [0.05, 0.1) is 30.8 Å². The number of carboxylic acids is 1. The summed E-state index contributed by atoms with van der Waals surface area (Å²) in [6, 6.07) is 6.11. The fourth-order valence-corrected chi connectivity index (χ4v) is 2.93. The second-order valence-electron chi connectivity index (χ2n) is 5.38. The lowest BCUT2D eigenvalue weighted by Gasteiger charge is -2.24. The van der Waals surface area contributed by atoms with Gasteiger partial charge in [0, 0.05) is 17.6 Å². The summed E-state index contributed by atoms with van der Waals surface area (Å²) in [4.78, 5) is 35.0. The van der Waals surface area contributed by atoms with Gasteiger partial charge in [-0.05, 0) is 24.3 Å². The number of hydrogen-bond donors (Lipinski definition) is 1. The third kappa shape index (κ3) is 2.70. The highest BCUT2D eigenvalue weighted by Crippen LogP contribution is 2.39. The van der Waals surface area contributed by atoms with Crippen LogP contribution in [0.5, 0.6) is 0 Å². The highest BCUT2D eigenvalue weighted by atomic mass is 16.5. The molecule has 1 amide bonds. The molecule has 3 rings (SSSR count). The van der Waals surface area contributed by atoms with Crippen molar-refractivity contribution in [3.8, 4) is 0 Å². The van der Waals surface area contributed by atoms with Crippen LogP contribution in [-0.2, 0) is 19.1 Å². The Labute approximate surface area is 131 Å². The lowest BCUT2D eigenvalue weighted by atomic mass is 9.82. The maximum atomic E-state index is 12.4. The number of carbonyl (C=O) groups excluding carboxylic acids is 3. The van der Waals surface area contributed by atoms with Crippen LogP contribution in [0.4, 0.5) is 5.69 Å². The molecule has 2 bridgehead atoms. The molecule has 0 saturated carbocycles. The van der Waals surface area contributed by atoms with Gasteiger partial charge < -0.3 is 24.7 Å². The highest BCUT2D eigenvalue weighted by Gasteiger charge is 2.50. The minimum absolute atomic E-state index is 0.351. The number of carboxylic acid groups (broad SMARTS) is 1. The van der Waals surface area contributed by atoms with E-state index in [0.29, 0.717) is 11.3 Å². The maximum Gasteiger partial charge on any atom is 0.337 e. The summed E-state index contributed by atoms with van der Waals surface area (Å²) in [6.45, 7) is 0. The van der Waals surface area contributed by atoms with E-state index >= 15 is 0 Å². The Morgan fingerprint density at radius 2 is 1.70 bits per heavy atom. The van der Waals surface area contributed by atoms with Gasteiger partial charge in [0.2, 0.25) is 5.91 Å². The average Bonchev–Trinajstić information content (AvgIpc) is 3.15. The van der Waals surface area contributed by atoms with Crippen molar-refractivity contribution in [1.29, 1.82) is 0 Å². The number of anilines is 1. The summed E-state index contributed by atoms with van der Waals surface area (Å²) in [5.41, 5.74) is 0.802. The van der Waals surface area contributed by atoms with Gasteiger partial charge in [-0.3, -0.25) is 4.79 Å². The number of aliphatic carboxylic acids is 1. The Morgan fingerprint density at radius 1 is 1.09 bits per heavy atom. The quantitative estimate of drug-likeness (QED) is 0.606. The molecule has 0 aromatic heterocycles. The van der Waals surface area contributed by atoms with Crippen LogP contribution in [0.1, 0.15) is 10.4 Å². The van der Waals surface area contributed by atoms with Crippen LogP contribution >= 0.6 is 0 Å². The van der Waals surface area contributed by atoms with Gasteiger partial charge in [0.1, 0.15) is 0 Å². The molecule has 4 atom stereocenters. The van der Waals surface area contributed by atoms with E-state index in [0.717, 1.165) is 0 Å². The topological polar surface area (TPSA) is 105 Å². The number of carbonyl (C=O) groups is 3. The molecule has 1 saturated heterocycles. The Kier molecular flexibility index (Phi) is 3.87. The Bertz CT molecular complexity index is 680. The molecule has 23 heavy (non-hydrogen) atoms. The van der Waals surface area contributed by atoms with E-state index in [1.807, 2.05) is 0 Å². The van der Waals surface area contributed by atoms with E-state index in [9.17, 15) is 19.5 Å². The van der Waals surface area contributed by atoms with Crippen molar-refractivity contribution in [2.75, 3.05) is 12.4 Å². The Balaban J connectivity index is 1.73. The third-order valence-electron chi connectivity index (χ3n) is 4.05. The first kappa shape index (κ1) is 15.2. The molecular weight excluding hydrogens is 302 g/mol. The molecule has 1 aromatic carbocycles. The number of benzene rings is 1. The average molecular weight is 316 g/mol. The molecule has 120 valence electrons. The molecule has 0 radical (unpaired) electrons. The number of rotatable bonds is 4. The molecule has 4 unspecified atom stereocenters. The Hall–Kier alpha value is -2.67. The number of nitrogens with one attached hydrogen (secondary N) is 1. The van der Waals surface area contributed by atoms with Crippen LogP contribution in [-0.4, -0.2) is 37.2 Å². The molecule has 1 aromatic rings. The zero-order valence-electron chi connectivity index (χ0n) is 12.2. The maximum absolute atomic E-state index is 12.4. The summed E-state index contributed by atoms with van der Waals surface area (Å²) in [5.74, 6) is -4.08. The van der Waals surface area contributed by atoms with Crippen molar-refractivity contribution in [2.45, 2.75) is 12.2 Å². The first-order chi connectivity index (χ1) is 11.0. The highest BCUT2D eigenvalue weighted by molar-refractivity contribution is 5.97. The molecule has 2 aliphatic heterocycles. The Morgan fingerprint density at radius 3 is 2.26 bits per heavy atom. The normalized spacial score (nSPS) is 27.7. The van der Waals surface area contributed by atoms with Crippen molar-refractivity contribution < 1.29 is 29.0 Å². The molecule has 1 N–H and O–H groups in total. The largest absolute Gasteiger partial charge is 0.550 e. The first-order valence-electron chi connectivity index (χ1n) is 7.05. The van der Waals surface area contributed by atoms with Gasteiger partial charge >= 0.3 is 5.97 Å². The van der Waals surface area contributed by atoms with Crippen molar-refractivity contribution >= 4 is 23.5 Å². The van der Waals surface area contributed by atoms with Gasteiger partial charge in [-0.25, -0.2) is 4.79 Å². The van der Waals surface area contributed by atoms with Gasteiger partial charge in [-0.15, -0.1) is 0 Å². The first-order valence-corrected chi connectivity index (χ1v) is 7.05. The van der Waals surface area contributed by atoms with Crippen LogP contribution in [0.25, 0.3) is 0 Å². The number of esters is 1. The van der Waals surface area contributed by atoms with E-state index in [1.54, 1.807) is 24.3 Å². The predicted molar refractivity (Wildman–Crippen MR) is 76.2 cm³/mol. The van der Waals surface area contributed by atoms with Gasteiger partial charge in [-0.2, -0.15) is 0 Å². The van der Waals surface area contributed by atoms with Crippen LogP contribution < -0.4 is 10.4 Å². The number of ether oxygens (including phenoxy) is 2. The van der Waals surface area contributed by atoms with Crippen molar-refractivity contribution in [1.82, 2.24) is 0 Å². The monoisotopic (exact) mass is 316 g/mol. The summed E-state index contributed by atoms with van der Waals surface area (Å²) in [6.07, 6.45) is 2.15. The minimum atomic E-state index is -1.30. The van der Waals surface area contributed by atoms with Gasteiger partial charge in [-0.1, -0.05) is 12.2 Å². The predicted octanol–water partition coefficient (Wildman–Crippen LogP) is -0.269. The summed E-state index contributed by atoms with van der Waals surface area (Å²) < 4.78 is 10.0. The second kappa shape index (κ2) is 5.85. The van der Waals surface area contributed by atoms with E-state index in [-0.39, 0.29) is 0 Å². The number of hydrogen-bond acceptors (Lipinski definition) is 6. The fraction of sp³-hybridized carbons (Fsp3) is 0.312. The number of amides is 1. The van der Waals surface area contributed by atoms with Crippen molar-refractivity contribution in [3.63, 3.8) is 0 Å². The van der Waals surface area contributed by atoms with Crippen LogP contribution in [0, 0.1) is 11.8 Å². The SMILES string of the molecule is COC(=O)c1ccc(NC(=O)C2C3C=CC(O3)C2C(=O)[O-])cc1. The van der Waals surface area contributed by atoms with E-state index in [4.69, 9.17) is 4.74 Å². The summed E-state index contributed by atoms with van der Waals surface area (Å²) in [7, 11) is 1.28. The molecule has 2 aliphatic rings. The molecular formula is C16H14NO6-. The zero-order chi connectivity index (χ0) is 16.6. The molecule has 0 aliphatic carbocycles. The van der Waals surface area contributed by atoms with E-state index in [1.165, 1.54) is 19.2 Å². The zero-order valence-corrected chi connectivity index (χ0v) is 12.2. The number of fused-ring (bicyclic) bond motifs is 2. The molecule has 7 heteroatoms. The van der Waals surface area contributed by atoms with Crippen molar-refractivity contribution in [3.05, 3.63) is 42.0 Å². The molecule has 2 heterocycles. The van der Waals surface area contributed by atoms with E-state index in [2.05, 4.69) is 10.1 Å². The van der Waals surface area contributed by atoms with Crippen LogP contribution in [0.3, 0.4) is 0 Å². The fourth-order valence-electron chi connectivity index (χ4n) is 2.93. The lowest BCUT2D eigenvalue weighted by Crippen LogP contribution is -2.45. The minimum Gasteiger partial charge on any atom is -0.550 e. The lowest BCUT2D eigenvalue weighted by molar-refractivity contribution is -0.313. The second-order valence-corrected chi connectivity index (χ2v) is 5.38. The molecule has 0 spiro atoms. The van der Waals surface area contributed by atoms with Gasteiger partial charge in [0.25, 0.3) is 0 Å². The smallest absolute Gasteiger partial charge is 0.337 e.